The van der Waals surface area contributed by atoms with Gasteiger partial charge in [-0.05, 0) is 43.5 Å². The molecule has 9 nitrogen and oxygen atoms in total. The minimum absolute atomic E-state index is 0.0286. The van der Waals surface area contributed by atoms with E-state index in [1.54, 1.807) is 35.5 Å². The smallest absolute Gasteiger partial charge is 0.402 e. The van der Waals surface area contributed by atoms with Crippen molar-refractivity contribution in [1.29, 1.82) is 0 Å². The van der Waals surface area contributed by atoms with Crippen LogP contribution in [0.5, 0.6) is 5.75 Å². The number of amides is 1. The first-order valence-electron chi connectivity index (χ1n) is 10.7. The van der Waals surface area contributed by atoms with Gasteiger partial charge in [-0.1, -0.05) is 0 Å². The molecule has 3 aromatic rings. The van der Waals surface area contributed by atoms with Crippen LogP contribution < -0.4 is 20.3 Å². The van der Waals surface area contributed by atoms with Gasteiger partial charge in [0.25, 0.3) is 5.91 Å². The number of anilines is 3. The number of ether oxygens (including phenoxy) is 1. The number of carbonyl (C=O) groups is 1. The molecule has 1 saturated carbocycles. The molecule has 0 unspecified atom stereocenters. The predicted octanol–water partition coefficient (Wildman–Crippen LogP) is 3.77. The van der Waals surface area contributed by atoms with Crippen LogP contribution in [0.2, 0.25) is 0 Å². The summed E-state index contributed by atoms with van der Waals surface area (Å²) in [5.41, 5.74) is 2.01. The molecule has 1 aliphatic heterocycles. The summed E-state index contributed by atoms with van der Waals surface area (Å²) >= 11 is 0. The Morgan fingerprint density at radius 3 is 2.41 bits per heavy atom. The van der Waals surface area contributed by atoms with Crippen LogP contribution >= 0.6 is 0 Å². The molecule has 0 radical (unpaired) electrons. The largest absolute Gasteiger partial charge is 0.573 e. The Kier molecular flexibility index (Phi) is 5.64. The third-order valence-corrected chi connectivity index (χ3v) is 5.72. The molecule has 1 amide bonds. The lowest BCUT2D eigenvalue weighted by molar-refractivity contribution is -0.274. The van der Waals surface area contributed by atoms with E-state index in [2.05, 4.69) is 35.3 Å². The van der Waals surface area contributed by atoms with E-state index in [4.69, 9.17) is 0 Å². The van der Waals surface area contributed by atoms with Crippen molar-refractivity contribution in [3.63, 3.8) is 0 Å². The summed E-state index contributed by atoms with van der Waals surface area (Å²) in [5, 5.41) is 6.58. The van der Waals surface area contributed by atoms with E-state index in [0.29, 0.717) is 23.6 Å². The molecule has 176 valence electrons. The van der Waals surface area contributed by atoms with E-state index in [-0.39, 0.29) is 23.9 Å². The first-order valence-corrected chi connectivity index (χ1v) is 10.7. The van der Waals surface area contributed by atoms with E-state index in [9.17, 15) is 18.0 Å². The Morgan fingerprint density at radius 2 is 1.68 bits per heavy atom. The maximum Gasteiger partial charge on any atom is 0.573 e. The molecule has 3 aromatic heterocycles. The lowest BCUT2D eigenvalue weighted by Gasteiger charge is -2.22. The molecule has 5 rings (SSSR count). The Hall–Kier alpha value is -3.96. The van der Waals surface area contributed by atoms with Crippen LogP contribution in [-0.2, 0) is 6.54 Å². The van der Waals surface area contributed by atoms with Gasteiger partial charge in [-0.3, -0.25) is 14.7 Å². The van der Waals surface area contributed by atoms with Crippen molar-refractivity contribution in [2.24, 2.45) is 0 Å². The maximum absolute atomic E-state index is 12.9. The quantitative estimate of drug-likeness (QED) is 0.560. The second-order valence-corrected chi connectivity index (χ2v) is 8.05. The normalized spacial score (nSPS) is 19.7. The molecule has 12 heteroatoms. The van der Waals surface area contributed by atoms with Gasteiger partial charge in [-0.25, -0.2) is 15.0 Å². The van der Waals surface area contributed by atoms with Crippen LogP contribution in [0.4, 0.5) is 30.6 Å². The van der Waals surface area contributed by atoms with Gasteiger partial charge in [0.05, 0.1) is 35.9 Å². The maximum atomic E-state index is 12.9. The number of pyridine rings is 2. The molecular weight excluding hydrogens is 451 g/mol. The summed E-state index contributed by atoms with van der Waals surface area (Å²) in [6.45, 7) is 0.385. The van der Waals surface area contributed by atoms with Crippen LogP contribution in [0.25, 0.3) is 0 Å². The number of fused-ring (bicyclic) bond motifs is 1. The topological polar surface area (TPSA) is 105 Å². The third kappa shape index (κ3) is 4.70. The first-order chi connectivity index (χ1) is 16.4. The Labute approximate surface area is 192 Å². The van der Waals surface area contributed by atoms with E-state index < -0.39 is 12.1 Å². The standard InChI is InChI=1S/C22H20F3N7O2/c23-22(24,25)34-15-10-28-21(29-11-15)31-14-6-5-13(9-14)30-19-18(4-2-8-27-19)32-12-17-16(20(32)33)3-1-7-26-17/h1-4,7-8,10-11,13-14H,5-6,9,12H2,(H,27,30)(H,28,29,31)/t13-,14-/m0/s1. The van der Waals surface area contributed by atoms with Gasteiger partial charge < -0.3 is 15.4 Å². The lowest BCUT2D eigenvalue weighted by atomic mass is 10.2. The van der Waals surface area contributed by atoms with Gasteiger partial charge in [0.15, 0.2) is 5.75 Å². The molecule has 2 N–H and O–H groups in total. The fraction of sp³-hybridized carbons (Fsp3) is 0.318. The predicted molar refractivity (Wildman–Crippen MR) is 116 cm³/mol. The van der Waals surface area contributed by atoms with E-state index in [0.717, 1.165) is 37.4 Å². The number of hydrogen-bond acceptors (Lipinski definition) is 8. The van der Waals surface area contributed by atoms with Crippen LogP contribution in [0, 0.1) is 0 Å². The van der Waals surface area contributed by atoms with Gasteiger partial charge in [0.1, 0.15) is 5.82 Å². The van der Waals surface area contributed by atoms with Gasteiger partial charge in [0, 0.05) is 24.5 Å². The molecule has 0 bridgehead atoms. The summed E-state index contributed by atoms with van der Waals surface area (Å²) in [5.74, 6) is 0.256. The van der Waals surface area contributed by atoms with Gasteiger partial charge >= 0.3 is 6.36 Å². The highest BCUT2D eigenvalue weighted by Gasteiger charge is 2.33. The fourth-order valence-electron chi connectivity index (χ4n) is 4.24. The Balaban J connectivity index is 1.21. The van der Waals surface area contributed by atoms with E-state index in [1.165, 1.54) is 0 Å². The van der Waals surface area contributed by atoms with Gasteiger partial charge in [0.2, 0.25) is 5.95 Å². The first kappa shape index (κ1) is 21.9. The molecule has 2 aliphatic rings. The second kappa shape index (κ2) is 8.76. The number of rotatable bonds is 6. The molecule has 1 aliphatic carbocycles. The van der Waals surface area contributed by atoms with Crippen molar-refractivity contribution in [2.75, 3.05) is 15.5 Å². The zero-order valence-corrected chi connectivity index (χ0v) is 17.8. The highest BCUT2D eigenvalue weighted by molar-refractivity contribution is 6.10. The fourth-order valence-corrected chi connectivity index (χ4v) is 4.24. The van der Waals surface area contributed by atoms with Crippen LogP contribution in [0.3, 0.4) is 0 Å². The third-order valence-electron chi connectivity index (χ3n) is 5.72. The highest BCUT2D eigenvalue weighted by atomic mass is 19.4. The average Bonchev–Trinajstić information content (AvgIpc) is 3.39. The molecule has 1 fully saturated rings. The molecule has 0 spiro atoms. The minimum atomic E-state index is -4.79. The summed E-state index contributed by atoms with van der Waals surface area (Å²) in [6, 6.07) is 7.26. The monoisotopic (exact) mass is 471 g/mol. The summed E-state index contributed by atoms with van der Waals surface area (Å²) in [7, 11) is 0. The molecule has 34 heavy (non-hydrogen) atoms. The van der Waals surface area contributed by atoms with Crippen LogP contribution in [0.15, 0.2) is 49.1 Å². The zero-order valence-electron chi connectivity index (χ0n) is 17.8. The van der Waals surface area contributed by atoms with Crippen molar-refractivity contribution in [3.8, 4) is 5.75 Å². The Morgan fingerprint density at radius 1 is 0.971 bits per heavy atom. The number of aromatic nitrogens is 4. The number of nitrogens with one attached hydrogen (secondary N) is 2. The average molecular weight is 471 g/mol. The molecule has 0 saturated heterocycles. The SMILES string of the molecule is O=C1c2cccnc2CN1c1cccnc1N[C@H]1CC[C@H](Nc2ncc(OC(F)(F)F)cn2)C1. The molecule has 0 aromatic carbocycles. The number of hydrogen-bond donors (Lipinski definition) is 2. The number of carbonyl (C=O) groups excluding carboxylic acids is 1. The Bertz CT molecular complexity index is 1190. The molecule has 2 atom stereocenters. The van der Waals surface area contributed by atoms with Crippen molar-refractivity contribution in [2.45, 2.75) is 44.3 Å². The van der Waals surface area contributed by atoms with E-state index >= 15 is 0 Å². The summed E-state index contributed by atoms with van der Waals surface area (Å²) in [6.07, 6.45) is 2.87. The minimum Gasteiger partial charge on any atom is -0.402 e. The zero-order chi connectivity index (χ0) is 23.7. The van der Waals surface area contributed by atoms with E-state index in [1.807, 2.05) is 6.07 Å². The van der Waals surface area contributed by atoms with Crippen LogP contribution in [-0.4, -0.2) is 44.3 Å². The number of nitrogens with zero attached hydrogens (tertiary/aromatic N) is 5. The summed E-state index contributed by atoms with van der Waals surface area (Å²) in [4.78, 5) is 31.1. The highest BCUT2D eigenvalue weighted by Crippen LogP contribution is 2.33. The lowest BCUT2D eigenvalue weighted by Crippen LogP contribution is -2.27. The van der Waals surface area contributed by atoms with Crippen molar-refractivity contribution in [3.05, 3.63) is 60.3 Å². The van der Waals surface area contributed by atoms with Gasteiger partial charge in [-0.15, -0.1) is 13.2 Å². The van der Waals surface area contributed by atoms with Crippen molar-refractivity contribution >= 4 is 23.4 Å². The van der Waals surface area contributed by atoms with Crippen molar-refractivity contribution < 1.29 is 22.7 Å². The summed E-state index contributed by atoms with van der Waals surface area (Å²) < 4.78 is 40.6. The number of halogens is 3. The van der Waals surface area contributed by atoms with Gasteiger partial charge in [-0.2, -0.15) is 0 Å². The molecule has 4 heterocycles. The molecular formula is C22H20F3N7O2. The number of alkyl halides is 3. The van der Waals surface area contributed by atoms with Crippen molar-refractivity contribution in [1.82, 2.24) is 19.9 Å². The van der Waals surface area contributed by atoms with Crippen LogP contribution in [0.1, 0.15) is 35.3 Å². The second-order valence-electron chi connectivity index (χ2n) is 8.05.